The molecule has 0 atom stereocenters. The fraction of sp³-hybridized carbons (Fsp3) is 0.400. The molecule has 1 aliphatic rings. The first-order valence-electron chi connectivity index (χ1n) is 8.95. The van der Waals surface area contributed by atoms with Crippen LogP contribution in [-0.4, -0.2) is 55.3 Å². The second kappa shape index (κ2) is 8.16. The minimum absolute atomic E-state index is 0.114. The van der Waals surface area contributed by atoms with Crippen LogP contribution in [0.25, 0.3) is 0 Å². The Hall–Kier alpha value is -2.96. The third-order valence-corrected chi connectivity index (χ3v) is 4.86. The number of nitrogens with zero attached hydrogens (tertiary/aromatic N) is 3. The number of anilines is 1. The van der Waals surface area contributed by atoms with Crippen molar-refractivity contribution in [3.05, 3.63) is 52.4 Å². The summed E-state index contributed by atoms with van der Waals surface area (Å²) >= 11 is 0. The van der Waals surface area contributed by atoms with E-state index >= 15 is 0 Å². The van der Waals surface area contributed by atoms with Gasteiger partial charge in [0.1, 0.15) is 5.75 Å². The Balaban J connectivity index is 1.56. The lowest BCUT2D eigenvalue weighted by molar-refractivity contribution is -0.133. The van der Waals surface area contributed by atoms with Gasteiger partial charge in [0, 0.05) is 51.2 Å². The number of amides is 1. The van der Waals surface area contributed by atoms with E-state index < -0.39 is 0 Å². The number of hydrogen-bond donors (Lipinski definition) is 0. The van der Waals surface area contributed by atoms with Gasteiger partial charge in [0.05, 0.1) is 12.8 Å². The third-order valence-electron chi connectivity index (χ3n) is 4.86. The predicted molar refractivity (Wildman–Crippen MR) is 104 cm³/mol. The molecule has 2 aromatic rings. The number of para-hydroxylation sites is 2. The van der Waals surface area contributed by atoms with E-state index in [1.54, 1.807) is 22.8 Å². The summed E-state index contributed by atoms with van der Waals surface area (Å²) in [6, 6.07) is 9.38. The van der Waals surface area contributed by atoms with Crippen LogP contribution in [0.2, 0.25) is 0 Å². The molecule has 2 heterocycles. The number of rotatable bonds is 5. The van der Waals surface area contributed by atoms with Crippen LogP contribution >= 0.6 is 0 Å². The van der Waals surface area contributed by atoms with Crippen LogP contribution in [-0.2, 0) is 11.8 Å². The zero-order valence-corrected chi connectivity index (χ0v) is 16.0. The van der Waals surface area contributed by atoms with E-state index in [-0.39, 0.29) is 23.7 Å². The SMILES string of the molecule is COc1ccccc1N1CCN(C(=O)COc2cn(C)c(C)cc2=O)CC1. The van der Waals surface area contributed by atoms with Gasteiger partial charge in [-0.05, 0) is 19.1 Å². The van der Waals surface area contributed by atoms with Gasteiger partial charge in [-0.1, -0.05) is 12.1 Å². The van der Waals surface area contributed by atoms with E-state index in [1.165, 1.54) is 6.07 Å². The normalized spacial score (nSPS) is 14.2. The Labute approximate surface area is 158 Å². The maximum atomic E-state index is 12.4. The molecular formula is C20H25N3O4. The third kappa shape index (κ3) is 4.24. The van der Waals surface area contributed by atoms with Gasteiger partial charge in [-0.15, -0.1) is 0 Å². The monoisotopic (exact) mass is 371 g/mol. The van der Waals surface area contributed by atoms with Crippen LogP contribution < -0.4 is 19.8 Å². The van der Waals surface area contributed by atoms with Crippen molar-refractivity contribution in [1.82, 2.24) is 9.47 Å². The molecule has 0 bridgehead atoms. The second-order valence-corrected chi connectivity index (χ2v) is 6.58. The van der Waals surface area contributed by atoms with Crippen LogP contribution in [0.3, 0.4) is 0 Å². The van der Waals surface area contributed by atoms with E-state index in [9.17, 15) is 9.59 Å². The van der Waals surface area contributed by atoms with Gasteiger partial charge < -0.3 is 23.8 Å². The molecular weight excluding hydrogens is 346 g/mol. The number of pyridine rings is 1. The lowest BCUT2D eigenvalue weighted by Crippen LogP contribution is -2.50. The molecule has 144 valence electrons. The molecule has 27 heavy (non-hydrogen) atoms. The van der Waals surface area contributed by atoms with Crippen LogP contribution in [0.4, 0.5) is 5.69 Å². The molecule has 0 unspecified atom stereocenters. The molecule has 1 aromatic heterocycles. The van der Waals surface area contributed by atoms with Crippen LogP contribution in [0, 0.1) is 6.92 Å². The summed E-state index contributed by atoms with van der Waals surface area (Å²) in [5.74, 6) is 0.914. The summed E-state index contributed by atoms with van der Waals surface area (Å²) in [5, 5.41) is 0. The number of aryl methyl sites for hydroxylation is 2. The average Bonchev–Trinajstić information content (AvgIpc) is 2.69. The first-order valence-corrected chi connectivity index (χ1v) is 8.95. The quantitative estimate of drug-likeness (QED) is 0.796. The van der Waals surface area contributed by atoms with E-state index in [1.807, 2.05) is 38.2 Å². The average molecular weight is 371 g/mol. The number of ether oxygens (including phenoxy) is 2. The lowest BCUT2D eigenvalue weighted by Gasteiger charge is -2.36. The van der Waals surface area contributed by atoms with E-state index in [0.717, 1.165) is 30.2 Å². The smallest absolute Gasteiger partial charge is 0.260 e. The summed E-state index contributed by atoms with van der Waals surface area (Å²) < 4.78 is 12.7. The number of carbonyl (C=O) groups excluding carboxylic acids is 1. The highest BCUT2D eigenvalue weighted by Gasteiger charge is 2.23. The first kappa shape index (κ1) is 18.8. The number of benzene rings is 1. The number of aromatic nitrogens is 1. The second-order valence-electron chi connectivity index (χ2n) is 6.58. The Kier molecular flexibility index (Phi) is 5.69. The van der Waals surface area contributed by atoms with Gasteiger partial charge in [-0.2, -0.15) is 0 Å². The van der Waals surface area contributed by atoms with Gasteiger partial charge >= 0.3 is 0 Å². The maximum absolute atomic E-state index is 12.4. The van der Waals surface area contributed by atoms with Crippen LogP contribution in [0.1, 0.15) is 5.69 Å². The van der Waals surface area contributed by atoms with Crippen molar-refractivity contribution in [3.8, 4) is 11.5 Å². The fourth-order valence-electron chi connectivity index (χ4n) is 3.13. The molecule has 1 fully saturated rings. The van der Waals surface area contributed by atoms with Crippen molar-refractivity contribution in [2.75, 3.05) is 44.8 Å². The lowest BCUT2D eigenvalue weighted by atomic mass is 10.2. The first-order chi connectivity index (χ1) is 13.0. The summed E-state index contributed by atoms with van der Waals surface area (Å²) in [7, 11) is 3.49. The molecule has 1 aliphatic heterocycles. The zero-order valence-electron chi connectivity index (χ0n) is 16.0. The Bertz CT molecular complexity index is 870. The molecule has 7 nitrogen and oxygen atoms in total. The molecule has 0 spiro atoms. The summed E-state index contributed by atoms with van der Waals surface area (Å²) in [4.78, 5) is 28.4. The summed E-state index contributed by atoms with van der Waals surface area (Å²) in [5.41, 5.74) is 1.66. The maximum Gasteiger partial charge on any atom is 0.260 e. The molecule has 0 aliphatic carbocycles. The van der Waals surface area contributed by atoms with E-state index in [0.29, 0.717) is 13.1 Å². The molecule has 1 aromatic carbocycles. The minimum Gasteiger partial charge on any atom is -0.495 e. The fourth-order valence-corrected chi connectivity index (χ4v) is 3.13. The highest BCUT2D eigenvalue weighted by atomic mass is 16.5. The predicted octanol–water partition coefficient (Wildman–Crippen LogP) is 1.43. The van der Waals surface area contributed by atoms with Crippen LogP contribution in [0.5, 0.6) is 11.5 Å². The topological polar surface area (TPSA) is 64.0 Å². The van der Waals surface area contributed by atoms with E-state index in [4.69, 9.17) is 9.47 Å². The van der Waals surface area contributed by atoms with Crippen molar-refractivity contribution in [3.63, 3.8) is 0 Å². The van der Waals surface area contributed by atoms with Gasteiger partial charge in [0.2, 0.25) is 5.43 Å². The minimum atomic E-state index is -0.209. The van der Waals surface area contributed by atoms with Crippen LogP contribution in [0.15, 0.2) is 41.3 Å². The van der Waals surface area contributed by atoms with Gasteiger partial charge in [0.15, 0.2) is 12.4 Å². The zero-order chi connectivity index (χ0) is 19.4. The number of carbonyl (C=O) groups is 1. The largest absolute Gasteiger partial charge is 0.495 e. The molecule has 1 amide bonds. The summed E-state index contributed by atoms with van der Waals surface area (Å²) in [6.45, 7) is 4.36. The molecule has 0 radical (unpaired) electrons. The highest BCUT2D eigenvalue weighted by Crippen LogP contribution is 2.28. The van der Waals surface area contributed by atoms with E-state index in [2.05, 4.69) is 4.90 Å². The number of piperazine rings is 1. The van der Waals surface area contributed by atoms with Crippen molar-refractivity contribution in [2.45, 2.75) is 6.92 Å². The van der Waals surface area contributed by atoms with Crippen molar-refractivity contribution < 1.29 is 14.3 Å². The number of hydrogen-bond acceptors (Lipinski definition) is 5. The van der Waals surface area contributed by atoms with Crippen molar-refractivity contribution in [1.29, 1.82) is 0 Å². The standard InChI is InChI=1S/C20H25N3O4/c1-15-12-17(24)19(13-21(15)2)27-14-20(25)23-10-8-22(9-11-23)16-6-4-5-7-18(16)26-3/h4-7,12-13H,8-11,14H2,1-3H3. The molecule has 0 saturated carbocycles. The molecule has 1 saturated heterocycles. The summed E-state index contributed by atoms with van der Waals surface area (Å²) in [6.07, 6.45) is 1.62. The highest BCUT2D eigenvalue weighted by molar-refractivity contribution is 5.78. The van der Waals surface area contributed by atoms with Gasteiger partial charge in [-0.3, -0.25) is 9.59 Å². The van der Waals surface area contributed by atoms with Crippen molar-refractivity contribution in [2.24, 2.45) is 7.05 Å². The molecule has 7 heteroatoms. The Morgan fingerprint density at radius 3 is 2.52 bits per heavy atom. The Morgan fingerprint density at radius 1 is 1.11 bits per heavy atom. The van der Waals surface area contributed by atoms with Crippen molar-refractivity contribution >= 4 is 11.6 Å². The van der Waals surface area contributed by atoms with Gasteiger partial charge in [0.25, 0.3) is 5.91 Å². The van der Waals surface area contributed by atoms with Gasteiger partial charge in [-0.25, -0.2) is 0 Å². The number of methoxy groups -OCH3 is 1. The molecule has 3 rings (SSSR count). The Morgan fingerprint density at radius 2 is 1.81 bits per heavy atom. The molecule has 0 N–H and O–H groups in total.